The van der Waals surface area contributed by atoms with Crippen molar-refractivity contribution < 1.29 is 45.7 Å². The van der Waals surface area contributed by atoms with Gasteiger partial charge in [-0.3, -0.25) is 0 Å². The third-order valence-electron chi connectivity index (χ3n) is 4.01. The molecule has 0 unspecified atom stereocenters. The molecule has 2 aromatic carbocycles. The van der Waals surface area contributed by atoms with Crippen LogP contribution in [0, 0.1) is 5.82 Å². The molecule has 1 aliphatic carbocycles. The summed E-state index contributed by atoms with van der Waals surface area (Å²) < 4.78 is 101. The van der Waals surface area contributed by atoms with Crippen LogP contribution in [-0.2, 0) is 11.7 Å². The Balaban J connectivity index is 2.23. The number of hydrogen-bond donors (Lipinski definition) is 2. The second-order valence-electron chi connectivity index (χ2n) is 5.73. The summed E-state index contributed by atoms with van der Waals surface area (Å²) in [6, 6.07) is 3.79. The number of fused-ring (bicyclic) bond motifs is 1. The number of ether oxygens (including phenoxy) is 1. The summed E-state index contributed by atoms with van der Waals surface area (Å²) in [6.07, 6.45) is -3.68. The number of halogens is 8. The van der Waals surface area contributed by atoms with Crippen LogP contribution in [-0.4, -0.2) is 16.1 Å². The lowest BCUT2D eigenvalue weighted by Crippen LogP contribution is -2.49. The fourth-order valence-corrected chi connectivity index (χ4v) is 3.25. The van der Waals surface area contributed by atoms with Gasteiger partial charge in [-0.2, -0.15) is 17.6 Å². The minimum Gasteiger partial charge on any atom is -0.457 e. The fraction of sp³-hybridized carbons (Fsp3) is 0.250. The molecule has 3 nitrogen and oxygen atoms in total. The molecule has 0 saturated heterocycles. The lowest BCUT2D eigenvalue weighted by atomic mass is 9.98. The third kappa shape index (κ3) is 2.79. The predicted molar refractivity (Wildman–Crippen MR) is 80.5 cm³/mol. The maximum Gasteiger partial charge on any atom is 0.371 e. The van der Waals surface area contributed by atoms with Crippen LogP contribution in [0.15, 0.2) is 34.8 Å². The zero-order chi connectivity index (χ0) is 20.4. The first-order chi connectivity index (χ1) is 12.3. The summed E-state index contributed by atoms with van der Waals surface area (Å²) in [7, 11) is 0. The van der Waals surface area contributed by atoms with E-state index < -0.39 is 52.3 Å². The molecule has 2 aromatic rings. The lowest BCUT2D eigenvalue weighted by molar-refractivity contribution is -0.358. The van der Waals surface area contributed by atoms with Crippen LogP contribution in [0.5, 0.6) is 11.5 Å². The Bertz CT molecular complexity index is 895. The van der Waals surface area contributed by atoms with Crippen molar-refractivity contribution >= 4 is 15.9 Å². The van der Waals surface area contributed by atoms with Crippen LogP contribution in [0.3, 0.4) is 0 Å². The maximum atomic E-state index is 13.9. The van der Waals surface area contributed by atoms with E-state index in [2.05, 4.69) is 15.9 Å². The van der Waals surface area contributed by atoms with E-state index in [4.69, 9.17) is 4.74 Å². The molecule has 0 saturated carbocycles. The average Bonchev–Trinajstić information content (AvgIpc) is 2.61. The van der Waals surface area contributed by atoms with Crippen molar-refractivity contribution in [3.05, 3.63) is 57.3 Å². The van der Waals surface area contributed by atoms with Gasteiger partial charge in [0.2, 0.25) is 0 Å². The monoisotopic (exact) mass is 460 g/mol. The molecule has 0 amide bonds. The molecule has 0 aromatic heterocycles. The molecule has 1 aliphatic rings. The zero-order valence-corrected chi connectivity index (χ0v) is 14.4. The highest BCUT2D eigenvalue weighted by Crippen LogP contribution is 2.62. The Labute approximate surface area is 155 Å². The van der Waals surface area contributed by atoms with Crippen LogP contribution in [0.2, 0.25) is 0 Å². The first-order valence-corrected chi connectivity index (χ1v) is 7.90. The maximum absolute atomic E-state index is 13.9. The van der Waals surface area contributed by atoms with Gasteiger partial charge >= 0.3 is 11.8 Å². The molecular formula is C16H8BrF7O3. The second-order valence-corrected chi connectivity index (χ2v) is 6.64. The molecule has 0 fully saturated rings. The molecule has 3 rings (SSSR count). The highest BCUT2D eigenvalue weighted by Gasteiger charge is 2.77. The number of benzene rings is 2. The molecule has 27 heavy (non-hydrogen) atoms. The van der Waals surface area contributed by atoms with Crippen LogP contribution in [0.1, 0.15) is 23.1 Å². The van der Waals surface area contributed by atoms with E-state index in [0.717, 1.165) is 18.2 Å². The summed E-state index contributed by atoms with van der Waals surface area (Å²) >= 11 is 2.92. The van der Waals surface area contributed by atoms with Gasteiger partial charge in [0.1, 0.15) is 17.3 Å². The summed E-state index contributed by atoms with van der Waals surface area (Å²) in [6.45, 7) is 0. The molecule has 2 N–H and O–H groups in total. The Morgan fingerprint density at radius 1 is 1.00 bits per heavy atom. The first kappa shape index (κ1) is 19.9. The lowest BCUT2D eigenvalue weighted by Gasteiger charge is -2.28. The second kappa shape index (κ2) is 6.08. The highest BCUT2D eigenvalue weighted by atomic mass is 79.9. The number of rotatable bonds is 3. The van der Waals surface area contributed by atoms with E-state index in [1.54, 1.807) is 0 Å². The zero-order valence-electron chi connectivity index (χ0n) is 12.8. The molecule has 0 aliphatic heterocycles. The van der Waals surface area contributed by atoms with Crippen LogP contribution in [0.4, 0.5) is 30.7 Å². The van der Waals surface area contributed by atoms with E-state index in [9.17, 15) is 40.9 Å². The molecule has 0 bridgehead atoms. The van der Waals surface area contributed by atoms with E-state index >= 15 is 0 Å². The summed E-state index contributed by atoms with van der Waals surface area (Å²) in [5, 5.41) is 19.2. The van der Waals surface area contributed by atoms with Gasteiger partial charge < -0.3 is 14.9 Å². The first-order valence-electron chi connectivity index (χ1n) is 7.11. The standard InChI is InChI=1S/C16H8BrF7O3/c17-6-3-7(18)5-8(4-6)27-10-2-1-9-12(11(10)13(19)20)15(25,26)16(23,24)14(9,21)22/h1-5,13,25-26H. The smallest absolute Gasteiger partial charge is 0.371 e. The van der Waals surface area contributed by atoms with Gasteiger partial charge in [0.25, 0.3) is 12.2 Å². The number of aliphatic hydroxyl groups is 2. The van der Waals surface area contributed by atoms with Crippen molar-refractivity contribution in [1.29, 1.82) is 0 Å². The van der Waals surface area contributed by atoms with Crippen LogP contribution < -0.4 is 4.74 Å². The molecule has 11 heteroatoms. The van der Waals surface area contributed by atoms with Gasteiger partial charge in [0, 0.05) is 21.7 Å². The van der Waals surface area contributed by atoms with Gasteiger partial charge in [0.05, 0.1) is 5.56 Å². The third-order valence-corrected chi connectivity index (χ3v) is 4.46. The minimum absolute atomic E-state index is 0.147. The minimum atomic E-state index is -5.47. The van der Waals surface area contributed by atoms with Gasteiger partial charge in [-0.15, -0.1) is 0 Å². The quantitative estimate of drug-likeness (QED) is 0.489. The number of hydrogen-bond acceptors (Lipinski definition) is 3. The Morgan fingerprint density at radius 2 is 1.63 bits per heavy atom. The van der Waals surface area contributed by atoms with E-state index in [0.29, 0.717) is 12.1 Å². The summed E-state index contributed by atoms with van der Waals surface area (Å²) in [5.74, 6) is -17.3. The molecular weight excluding hydrogens is 453 g/mol. The van der Waals surface area contributed by atoms with E-state index in [1.165, 1.54) is 0 Å². The average molecular weight is 461 g/mol. The normalized spacial score (nSPS) is 19.2. The summed E-state index contributed by atoms with van der Waals surface area (Å²) in [5.41, 5.74) is -4.98. The van der Waals surface area contributed by atoms with Crippen molar-refractivity contribution in [2.75, 3.05) is 0 Å². The van der Waals surface area contributed by atoms with Gasteiger partial charge in [-0.05, 0) is 24.3 Å². The Hall–Kier alpha value is -1.85. The van der Waals surface area contributed by atoms with E-state index in [-0.39, 0.29) is 10.2 Å². The highest BCUT2D eigenvalue weighted by molar-refractivity contribution is 9.10. The van der Waals surface area contributed by atoms with Crippen molar-refractivity contribution in [3.63, 3.8) is 0 Å². The van der Waals surface area contributed by atoms with Crippen LogP contribution in [0.25, 0.3) is 0 Å². The van der Waals surface area contributed by atoms with Gasteiger partial charge in [-0.25, -0.2) is 13.2 Å². The van der Waals surface area contributed by atoms with Gasteiger partial charge in [0.15, 0.2) is 0 Å². The number of alkyl halides is 6. The van der Waals surface area contributed by atoms with Crippen molar-refractivity contribution in [1.82, 2.24) is 0 Å². The topological polar surface area (TPSA) is 49.7 Å². The SMILES string of the molecule is OC1(O)c2c(ccc(Oc3cc(F)cc(Br)c3)c2C(F)F)C(F)(F)C1(F)F. The Kier molecular flexibility index (Phi) is 4.48. The molecule has 146 valence electrons. The van der Waals surface area contributed by atoms with Crippen molar-refractivity contribution in [2.24, 2.45) is 0 Å². The van der Waals surface area contributed by atoms with Crippen molar-refractivity contribution in [2.45, 2.75) is 24.1 Å². The molecule has 0 atom stereocenters. The fourth-order valence-electron chi connectivity index (χ4n) is 2.80. The largest absolute Gasteiger partial charge is 0.457 e. The van der Waals surface area contributed by atoms with E-state index in [1.807, 2.05) is 0 Å². The van der Waals surface area contributed by atoms with Crippen molar-refractivity contribution in [3.8, 4) is 11.5 Å². The van der Waals surface area contributed by atoms with Gasteiger partial charge in [-0.1, -0.05) is 15.9 Å². The van der Waals surface area contributed by atoms with Crippen LogP contribution >= 0.6 is 15.9 Å². The Morgan fingerprint density at radius 3 is 2.19 bits per heavy atom. The molecule has 0 spiro atoms. The summed E-state index contributed by atoms with van der Waals surface area (Å²) in [4.78, 5) is 0. The predicted octanol–water partition coefficient (Wildman–Crippen LogP) is 5.20. The molecule has 0 radical (unpaired) electrons. The molecule has 0 heterocycles.